The maximum absolute atomic E-state index is 6.08. The number of ether oxygens (including phenoxy) is 1. The average molecular weight is 401 g/mol. The van der Waals surface area contributed by atoms with Gasteiger partial charge in [0.05, 0.1) is 10.7 Å². The van der Waals surface area contributed by atoms with Crippen LogP contribution in [0.2, 0.25) is 5.02 Å². The Hall–Kier alpha value is -2.10. The van der Waals surface area contributed by atoms with Crippen LogP contribution in [-0.4, -0.2) is 6.21 Å². The molecule has 0 saturated carbocycles. The van der Waals surface area contributed by atoms with E-state index >= 15 is 0 Å². The highest BCUT2D eigenvalue weighted by molar-refractivity contribution is 9.10. The van der Waals surface area contributed by atoms with Crippen molar-refractivity contribution < 1.29 is 4.74 Å². The van der Waals surface area contributed by atoms with E-state index in [2.05, 4.69) is 20.9 Å². The molecule has 0 bridgehead atoms. The summed E-state index contributed by atoms with van der Waals surface area (Å²) in [6, 6.07) is 23.5. The van der Waals surface area contributed by atoms with Gasteiger partial charge in [-0.3, -0.25) is 4.99 Å². The summed E-state index contributed by atoms with van der Waals surface area (Å²) in [7, 11) is 0. The minimum Gasteiger partial charge on any atom is -0.489 e. The molecule has 0 saturated heterocycles. The number of hydrogen-bond donors (Lipinski definition) is 0. The van der Waals surface area contributed by atoms with Crippen LogP contribution in [0.25, 0.3) is 0 Å². The minimum absolute atomic E-state index is 0.545. The monoisotopic (exact) mass is 399 g/mol. The molecule has 0 radical (unpaired) electrons. The first-order chi connectivity index (χ1) is 11.7. The quantitative estimate of drug-likeness (QED) is 0.452. The van der Waals surface area contributed by atoms with Crippen LogP contribution in [0.5, 0.6) is 5.75 Å². The largest absolute Gasteiger partial charge is 0.489 e. The summed E-state index contributed by atoms with van der Waals surface area (Å²) in [5, 5.41) is 0.643. The third-order valence-corrected chi connectivity index (χ3v) is 4.60. The van der Waals surface area contributed by atoms with Gasteiger partial charge in [-0.2, -0.15) is 0 Å². The Balaban J connectivity index is 1.68. The van der Waals surface area contributed by atoms with E-state index in [1.54, 1.807) is 6.21 Å². The van der Waals surface area contributed by atoms with Gasteiger partial charge >= 0.3 is 0 Å². The second kappa shape index (κ2) is 8.13. The summed E-state index contributed by atoms with van der Waals surface area (Å²) in [6.45, 7) is 0.545. The zero-order valence-corrected chi connectivity index (χ0v) is 15.2. The van der Waals surface area contributed by atoms with Gasteiger partial charge in [0.1, 0.15) is 12.4 Å². The van der Waals surface area contributed by atoms with Gasteiger partial charge in [-0.25, -0.2) is 0 Å². The van der Waals surface area contributed by atoms with Crippen LogP contribution in [0.15, 0.2) is 82.3 Å². The molecular weight excluding hydrogens is 386 g/mol. The van der Waals surface area contributed by atoms with E-state index in [1.807, 2.05) is 72.8 Å². The standard InChI is InChI=1S/C20H15BrClNO/c21-19-10-9-17(12-20(19)22)23-13-16-7-4-8-18(11-16)24-14-15-5-2-1-3-6-15/h1-13H,14H2. The Morgan fingerprint density at radius 2 is 1.79 bits per heavy atom. The maximum Gasteiger partial charge on any atom is 0.120 e. The highest BCUT2D eigenvalue weighted by Gasteiger charge is 1.99. The molecule has 0 aliphatic carbocycles. The van der Waals surface area contributed by atoms with Crippen LogP contribution in [-0.2, 0) is 6.61 Å². The fourth-order valence-electron chi connectivity index (χ4n) is 2.14. The summed E-state index contributed by atoms with van der Waals surface area (Å²) in [6.07, 6.45) is 1.80. The van der Waals surface area contributed by atoms with Crippen molar-refractivity contribution >= 4 is 39.4 Å². The first kappa shape index (κ1) is 16.7. The molecule has 0 aromatic heterocycles. The van der Waals surface area contributed by atoms with Crippen molar-refractivity contribution in [2.75, 3.05) is 0 Å². The molecule has 2 nitrogen and oxygen atoms in total. The molecule has 0 fully saturated rings. The number of hydrogen-bond acceptors (Lipinski definition) is 2. The molecule has 3 aromatic rings. The lowest BCUT2D eigenvalue weighted by Gasteiger charge is -2.06. The highest BCUT2D eigenvalue weighted by Crippen LogP contribution is 2.27. The van der Waals surface area contributed by atoms with E-state index in [4.69, 9.17) is 16.3 Å². The molecule has 0 amide bonds. The molecule has 0 atom stereocenters. The predicted molar refractivity (Wildman–Crippen MR) is 104 cm³/mol. The molecule has 120 valence electrons. The minimum atomic E-state index is 0.545. The molecule has 0 unspecified atom stereocenters. The van der Waals surface area contributed by atoms with Crippen molar-refractivity contribution in [3.8, 4) is 5.75 Å². The number of rotatable bonds is 5. The Bertz CT molecular complexity index is 849. The third kappa shape index (κ3) is 4.70. The fraction of sp³-hybridized carbons (Fsp3) is 0.0500. The zero-order valence-electron chi connectivity index (χ0n) is 12.8. The molecule has 0 heterocycles. The molecule has 0 spiro atoms. The molecule has 0 N–H and O–H groups in total. The van der Waals surface area contributed by atoms with E-state index in [0.717, 1.165) is 27.0 Å². The molecule has 0 aliphatic rings. The van der Waals surface area contributed by atoms with Crippen molar-refractivity contribution in [3.63, 3.8) is 0 Å². The fourth-order valence-corrected chi connectivity index (χ4v) is 2.56. The van der Waals surface area contributed by atoms with E-state index in [9.17, 15) is 0 Å². The number of aliphatic imine (C=N–C) groups is 1. The van der Waals surface area contributed by atoms with Crippen molar-refractivity contribution in [2.45, 2.75) is 6.61 Å². The first-order valence-electron chi connectivity index (χ1n) is 7.46. The summed E-state index contributed by atoms with van der Waals surface area (Å²) >= 11 is 9.45. The SMILES string of the molecule is Clc1cc(N=Cc2cccc(OCc3ccccc3)c2)ccc1Br. The lowest BCUT2D eigenvalue weighted by atomic mass is 10.2. The van der Waals surface area contributed by atoms with Gasteiger partial charge in [0.25, 0.3) is 0 Å². The Morgan fingerprint density at radius 3 is 2.58 bits per heavy atom. The van der Waals surface area contributed by atoms with E-state index in [-0.39, 0.29) is 0 Å². The molecule has 3 aromatic carbocycles. The van der Waals surface area contributed by atoms with E-state index in [1.165, 1.54) is 0 Å². The third-order valence-electron chi connectivity index (χ3n) is 3.37. The number of benzene rings is 3. The summed E-state index contributed by atoms with van der Waals surface area (Å²) < 4.78 is 6.69. The lowest BCUT2D eigenvalue weighted by Crippen LogP contribution is -1.95. The summed E-state index contributed by atoms with van der Waals surface area (Å²) in [4.78, 5) is 4.45. The molecule has 0 aliphatic heterocycles. The molecule has 24 heavy (non-hydrogen) atoms. The average Bonchev–Trinajstić information content (AvgIpc) is 2.62. The lowest BCUT2D eigenvalue weighted by molar-refractivity contribution is 0.306. The van der Waals surface area contributed by atoms with Gasteiger partial charge in [-0.05, 0) is 57.4 Å². The van der Waals surface area contributed by atoms with E-state index < -0.39 is 0 Å². The zero-order chi connectivity index (χ0) is 16.8. The van der Waals surface area contributed by atoms with Crippen molar-refractivity contribution in [2.24, 2.45) is 4.99 Å². The first-order valence-corrected chi connectivity index (χ1v) is 8.64. The van der Waals surface area contributed by atoms with Crippen molar-refractivity contribution in [1.82, 2.24) is 0 Å². The van der Waals surface area contributed by atoms with Crippen LogP contribution < -0.4 is 4.74 Å². The van der Waals surface area contributed by atoms with Gasteiger partial charge in [0.15, 0.2) is 0 Å². The van der Waals surface area contributed by atoms with Crippen LogP contribution in [0.4, 0.5) is 5.69 Å². The topological polar surface area (TPSA) is 21.6 Å². The maximum atomic E-state index is 6.08. The second-order valence-electron chi connectivity index (χ2n) is 5.20. The normalized spacial score (nSPS) is 10.9. The Kier molecular flexibility index (Phi) is 5.68. The molecule has 3 rings (SSSR count). The predicted octanol–water partition coefficient (Wildman–Crippen LogP) is 6.43. The van der Waals surface area contributed by atoms with Gasteiger partial charge in [0.2, 0.25) is 0 Å². The number of halogens is 2. The Morgan fingerprint density at radius 1 is 0.958 bits per heavy atom. The van der Waals surface area contributed by atoms with Crippen LogP contribution in [0.3, 0.4) is 0 Å². The van der Waals surface area contributed by atoms with Gasteiger partial charge < -0.3 is 4.74 Å². The van der Waals surface area contributed by atoms with Gasteiger partial charge in [0, 0.05) is 10.7 Å². The van der Waals surface area contributed by atoms with Crippen LogP contribution >= 0.6 is 27.5 Å². The molecule has 4 heteroatoms. The smallest absolute Gasteiger partial charge is 0.120 e. The van der Waals surface area contributed by atoms with Crippen molar-refractivity contribution in [1.29, 1.82) is 0 Å². The van der Waals surface area contributed by atoms with Crippen molar-refractivity contribution in [3.05, 3.63) is 93.4 Å². The second-order valence-corrected chi connectivity index (χ2v) is 6.46. The summed E-state index contributed by atoms with van der Waals surface area (Å²) in [5.41, 5.74) is 2.92. The van der Waals surface area contributed by atoms with E-state index in [0.29, 0.717) is 11.6 Å². The van der Waals surface area contributed by atoms with Gasteiger partial charge in [-0.15, -0.1) is 0 Å². The molecular formula is C20H15BrClNO. The highest BCUT2D eigenvalue weighted by atomic mass is 79.9. The summed E-state index contributed by atoms with van der Waals surface area (Å²) in [5.74, 6) is 0.816. The van der Waals surface area contributed by atoms with Crippen LogP contribution in [0.1, 0.15) is 11.1 Å². The Labute approximate surface area is 154 Å². The van der Waals surface area contributed by atoms with Gasteiger partial charge in [-0.1, -0.05) is 54.1 Å². The van der Waals surface area contributed by atoms with Crippen LogP contribution in [0, 0.1) is 0 Å². The number of nitrogens with zero attached hydrogens (tertiary/aromatic N) is 1.